The fourth-order valence-electron chi connectivity index (χ4n) is 3.57. The summed E-state index contributed by atoms with van der Waals surface area (Å²) in [4.78, 5) is 10.9. The molecule has 0 spiro atoms. The highest BCUT2D eigenvalue weighted by molar-refractivity contribution is 7.93. The summed E-state index contributed by atoms with van der Waals surface area (Å²) in [6.07, 6.45) is 0. The van der Waals surface area contributed by atoms with Crippen molar-refractivity contribution in [3.05, 3.63) is 88.2 Å². The van der Waals surface area contributed by atoms with E-state index in [1.54, 1.807) is 29.2 Å². The molecule has 0 saturated carbocycles. The Morgan fingerprint density at radius 3 is 2.25 bits per heavy atom. The van der Waals surface area contributed by atoms with Crippen molar-refractivity contribution in [2.75, 3.05) is 15.9 Å². The molecule has 1 aromatic heterocycles. The smallest absolute Gasteiger partial charge is 0.268 e. The van der Waals surface area contributed by atoms with Gasteiger partial charge in [-0.05, 0) is 48.0 Å². The summed E-state index contributed by atoms with van der Waals surface area (Å²) in [7, 11) is -4.09. The van der Waals surface area contributed by atoms with Gasteiger partial charge < -0.3 is 4.90 Å². The molecule has 4 aromatic rings. The number of para-hydroxylation sites is 2. The first-order valence-corrected chi connectivity index (χ1v) is 11.8. The third kappa shape index (κ3) is 3.64. The average molecular weight is 489 g/mol. The van der Waals surface area contributed by atoms with Gasteiger partial charge in [-0.25, -0.2) is 27.1 Å². The van der Waals surface area contributed by atoms with Crippen molar-refractivity contribution >= 4 is 55.9 Å². The van der Waals surface area contributed by atoms with Crippen molar-refractivity contribution in [3.8, 4) is 0 Å². The Hall–Kier alpha value is -2.94. The van der Waals surface area contributed by atoms with Crippen LogP contribution in [-0.2, 0) is 16.6 Å². The maximum absolute atomic E-state index is 13.6. The first-order valence-electron chi connectivity index (χ1n) is 9.57. The quantitative estimate of drug-likeness (QED) is 0.392. The number of hydrogen-bond donors (Lipinski definition) is 0. The second kappa shape index (κ2) is 7.88. The first kappa shape index (κ1) is 20.9. The van der Waals surface area contributed by atoms with Crippen LogP contribution in [0.25, 0.3) is 11.0 Å². The van der Waals surface area contributed by atoms with Crippen LogP contribution in [0.5, 0.6) is 0 Å². The molecule has 1 aliphatic heterocycles. The number of sulfonamides is 1. The van der Waals surface area contributed by atoms with Crippen molar-refractivity contribution in [1.82, 2.24) is 9.97 Å². The topological polar surface area (TPSA) is 66.4 Å². The van der Waals surface area contributed by atoms with Crippen LogP contribution in [0.3, 0.4) is 0 Å². The van der Waals surface area contributed by atoms with Gasteiger partial charge >= 0.3 is 0 Å². The van der Waals surface area contributed by atoms with Crippen LogP contribution in [0.1, 0.15) is 5.56 Å². The second-order valence-electron chi connectivity index (χ2n) is 7.25. The van der Waals surface area contributed by atoms with Crippen molar-refractivity contribution in [2.45, 2.75) is 11.4 Å². The number of halogens is 3. The molecule has 0 amide bonds. The molecule has 0 aliphatic carbocycles. The van der Waals surface area contributed by atoms with E-state index in [1.165, 1.54) is 34.6 Å². The number of aromatic nitrogens is 2. The third-order valence-corrected chi connectivity index (χ3v) is 7.56. The molecule has 0 radical (unpaired) electrons. The van der Waals surface area contributed by atoms with Crippen molar-refractivity contribution < 1.29 is 12.8 Å². The zero-order chi connectivity index (χ0) is 22.5. The summed E-state index contributed by atoms with van der Waals surface area (Å²) in [6.45, 7) is 0.282. The Bertz CT molecular complexity index is 1450. The van der Waals surface area contributed by atoms with E-state index in [1.807, 2.05) is 12.1 Å². The Kier molecular flexibility index (Phi) is 5.16. The van der Waals surface area contributed by atoms with E-state index >= 15 is 0 Å². The van der Waals surface area contributed by atoms with Gasteiger partial charge in [0, 0.05) is 11.6 Å². The molecule has 10 heteroatoms. The fraction of sp³-hybridized carbons (Fsp3) is 0.0909. The predicted molar refractivity (Wildman–Crippen MR) is 123 cm³/mol. The molecule has 0 bridgehead atoms. The van der Waals surface area contributed by atoms with Gasteiger partial charge in [-0.2, -0.15) is 0 Å². The van der Waals surface area contributed by atoms with E-state index in [0.717, 1.165) is 5.56 Å². The summed E-state index contributed by atoms with van der Waals surface area (Å²) in [5.74, 6) is 0.262. The number of nitrogens with zero attached hydrogens (tertiary/aromatic N) is 4. The number of anilines is 2. The number of rotatable bonds is 4. The molecule has 0 saturated heterocycles. The standard InChI is InChI=1S/C22H15Cl2FN4O2S/c23-15-7-10-17(24)20(11-15)32(30,31)29-13-28(12-14-5-8-16(25)9-6-14)21-22(29)27-19-4-2-1-3-18(19)26-21/h1-11H,12-13H2. The molecule has 0 unspecified atom stereocenters. The molecule has 6 nitrogen and oxygen atoms in total. The highest BCUT2D eigenvalue weighted by Crippen LogP contribution is 2.40. The Morgan fingerprint density at radius 1 is 0.906 bits per heavy atom. The third-order valence-electron chi connectivity index (χ3n) is 5.12. The molecule has 3 aromatic carbocycles. The lowest BCUT2D eigenvalue weighted by Crippen LogP contribution is -2.35. The molecule has 162 valence electrons. The summed E-state index contributed by atoms with van der Waals surface area (Å²) in [6, 6.07) is 17.5. The molecular weight excluding hydrogens is 474 g/mol. The second-order valence-corrected chi connectivity index (χ2v) is 9.93. The van der Waals surface area contributed by atoms with E-state index in [9.17, 15) is 12.8 Å². The van der Waals surface area contributed by atoms with Crippen LogP contribution < -0.4 is 9.21 Å². The van der Waals surface area contributed by atoms with Crippen LogP contribution in [0.2, 0.25) is 10.0 Å². The molecular formula is C22H15Cl2FN4O2S. The van der Waals surface area contributed by atoms with Crippen LogP contribution in [-0.4, -0.2) is 25.1 Å². The highest BCUT2D eigenvalue weighted by atomic mass is 35.5. The maximum Gasteiger partial charge on any atom is 0.268 e. The minimum atomic E-state index is -4.09. The van der Waals surface area contributed by atoms with Gasteiger partial charge in [0.1, 0.15) is 17.4 Å². The van der Waals surface area contributed by atoms with Gasteiger partial charge in [-0.15, -0.1) is 0 Å². The van der Waals surface area contributed by atoms with E-state index in [2.05, 4.69) is 9.97 Å². The van der Waals surface area contributed by atoms with Gasteiger partial charge in [-0.3, -0.25) is 0 Å². The minimum Gasteiger partial charge on any atom is -0.330 e. The minimum absolute atomic E-state index is 0.0335. The van der Waals surface area contributed by atoms with Crippen molar-refractivity contribution in [3.63, 3.8) is 0 Å². The molecule has 5 rings (SSSR count). The summed E-state index contributed by atoms with van der Waals surface area (Å²) in [5, 5.41) is 0.307. The van der Waals surface area contributed by atoms with Gasteiger partial charge in [-0.1, -0.05) is 47.5 Å². The Morgan fingerprint density at radius 2 is 1.56 bits per heavy atom. The molecule has 2 heterocycles. The van der Waals surface area contributed by atoms with Gasteiger partial charge in [0.15, 0.2) is 11.6 Å². The van der Waals surface area contributed by atoms with Crippen LogP contribution in [0.15, 0.2) is 71.6 Å². The molecule has 1 aliphatic rings. The number of benzene rings is 3. The molecule has 0 N–H and O–H groups in total. The van der Waals surface area contributed by atoms with E-state index in [0.29, 0.717) is 23.4 Å². The van der Waals surface area contributed by atoms with Crippen molar-refractivity contribution in [1.29, 1.82) is 0 Å². The maximum atomic E-state index is 13.6. The first-order chi connectivity index (χ1) is 15.3. The summed E-state index contributed by atoms with van der Waals surface area (Å²) < 4.78 is 41.7. The van der Waals surface area contributed by atoms with E-state index in [4.69, 9.17) is 23.2 Å². The monoisotopic (exact) mass is 488 g/mol. The largest absolute Gasteiger partial charge is 0.330 e. The number of hydrogen-bond acceptors (Lipinski definition) is 5. The predicted octanol–water partition coefficient (Wildman–Crippen LogP) is 5.25. The van der Waals surface area contributed by atoms with E-state index < -0.39 is 10.0 Å². The lowest BCUT2D eigenvalue weighted by Gasteiger charge is -2.21. The molecule has 0 atom stereocenters. The van der Waals surface area contributed by atoms with E-state index in [-0.39, 0.29) is 33.2 Å². The number of fused-ring (bicyclic) bond motifs is 2. The van der Waals surface area contributed by atoms with Crippen molar-refractivity contribution in [2.24, 2.45) is 0 Å². The lowest BCUT2D eigenvalue weighted by molar-refractivity contribution is 0.591. The SMILES string of the molecule is O=S(=O)(c1cc(Cl)ccc1Cl)N1CN(Cc2ccc(F)cc2)c2nc3ccccc3nc21. The van der Waals surface area contributed by atoms with Crippen LogP contribution >= 0.6 is 23.2 Å². The zero-order valence-corrected chi connectivity index (χ0v) is 18.7. The Labute approximate surface area is 193 Å². The molecule has 32 heavy (non-hydrogen) atoms. The summed E-state index contributed by atoms with van der Waals surface area (Å²) >= 11 is 12.3. The van der Waals surface area contributed by atoms with Crippen LogP contribution in [0.4, 0.5) is 16.0 Å². The lowest BCUT2D eigenvalue weighted by atomic mass is 10.2. The van der Waals surface area contributed by atoms with Gasteiger partial charge in [0.2, 0.25) is 0 Å². The van der Waals surface area contributed by atoms with Crippen LogP contribution in [0, 0.1) is 5.82 Å². The zero-order valence-electron chi connectivity index (χ0n) is 16.4. The molecule has 0 fully saturated rings. The average Bonchev–Trinajstić information content (AvgIpc) is 3.13. The summed E-state index contributed by atoms with van der Waals surface area (Å²) in [5.41, 5.74) is 2.00. The highest BCUT2D eigenvalue weighted by Gasteiger charge is 2.39. The fourth-order valence-corrected chi connectivity index (χ4v) is 5.68. The van der Waals surface area contributed by atoms with Gasteiger partial charge in [0.25, 0.3) is 10.0 Å². The normalized spacial score (nSPS) is 13.6. The van der Waals surface area contributed by atoms with Gasteiger partial charge in [0.05, 0.1) is 16.1 Å². The Balaban J connectivity index is 1.64.